The van der Waals surface area contributed by atoms with Crippen LogP contribution in [0.2, 0.25) is 0 Å². The van der Waals surface area contributed by atoms with Crippen LogP contribution in [0, 0.1) is 5.82 Å². The van der Waals surface area contributed by atoms with Gasteiger partial charge in [-0.3, -0.25) is 14.9 Å². The maximum Gasteiger partial charge on any atom is 0.251 e. The Morgan fingerprint density at radius 3 is 2.69 bits per heavy atom. The van der Waals surface area contributed by atoms with E-state index in [1.807, 2.05) is 42.5 Å². The molecule has 0 atom stereocenters. The number of carbonyl (C=O) groups is 1. The van der Waals surface area contributed by atoms with Crippen molar-refractivity contribution < 1.29 is 9.18 Å². The highest BCUT2D eigenvalue weighted by Crippen LogP contribution is 2.26. The van der Waals surface area contributed by atoms with E-state index in [4.69, 9.17) is 0 Å². The first-order valence-corrected chi connectivity index (χ1v) is 9.29. The van der Waals surface area contributed by atoms with Crippen LogP contribution in [0.4, 0.5) is 4.39 Å². The number of aromatic amines is 1. The Morgan fingerprint density at radius 2 is 1.86 bits per heavy atom. The van der Waals surface area contributed by atoms with Crippen LogP contribution in [0.3, 0.4) is 0 Å². The Kier molecular flexibility index (Phi) is 5.42. The fourth-order valence-electron chi connectivity index (χ4n) is 3.11. The Labute approximate surface area is 167 Å². The van der Waals surface area contributed by atoms with E-state index >= 15 is 0 Å². The molecule has 4 rings (SSSR count). The van der Waals surface area contributed by atoms with Crippen molar-refractivity contribution in [2.24, 2.45) is 0 Å². The van der Waals surface area contributed by atoms with Crippen LogP contribution in [0.15, 0.2) is 79.0 Å². The lowest BCUT2D eigenvalue weighted by Crippen LogP contribution is -2.26. The largest absolute Gasteiger partial charge is 0.352 e. The molecular weight excluding hydrogens is 367 g/mol. The molecule has 2 aromatic carbocycles. The average Bonchev–Trinajstić information content (AvgIpc) is 3.25. The van der Waals surface area contributed by atoms with Crippen molar-refractivity contribution in [2.45, 2.75) is 6.42 Å². The van der Waals surface area contributed by atoms with Crippen molar-refractivity contribution in [1.29, 1.82) is 0 Å². The molecule has 0 unspecified atom stereocenters. The Hall–Kier alpha value is -3.80. The predicted molar refractivity (Wildman–Crippen MR) is 110 cm³/mol. The molecule has 0 spiro atoms. The van der Waals surface area contributed by atoms with Gasteiger partial charge in [-0.2, -0.15) is 5.10 Å². The fraction of sp³-hybridized carbons (Fsp3) is 0.0870. The summed E-state index contributed by atoms with van der Waals surface area (Å²) in [6.07, 6.45) is 2.39. The summed E-state index contributed by atoms with van der Waals surface area (Å²) in [5.74, 6) is -0.488. The monoisotopic (exact) mass is 386 g/mol. The van der Waals surface area contributed by atoms with Crippen LogP contribution in [-0.2, 0) is 6.42 Å². The van der Waals surface area contributed by atoms with E-state index in [9.17, 15) is 9.18 Å². The smallest absolute Gasteiger partial charge is 0.251 e. The molecule has 0 aliphatic heterocycles. The van der Waals surface area contributed by atoms with Crippen LogP contribution < -0.4 is 5.32 Å². The van der Waals surface area contributed by atoms with Gasteiger partial charge in [-0.25, -0.2) is 4.39 Å². The number of pyridine rings is 1. The number of carbonyl (C=O) groups excluding carboxylic acids is 1. The predicted octanol–water partition coefficient (Wildman–Crippen LogP) is 4.25. The molecule has 1 amide bonds. The third-order valence-corrected chi connectivity index (χ3v) is 4.55. The van der Waals surface area contributed by atoms with Gasteiger partial charge in [0.25, 0.3) is 5.91 Å². The van der Waals surface area contributed by atoms with E-state index in [0.29, 0.717) is 41.0 Å². The summed E-state index contributed by atoms with van der Waals surface area (Å²) >= 11 is 0. The molecule has 0 fully saturated rings. The van der Waals surface area contributed by atoms with Gasteiger partial charge >= 0.3 is 0 Å². The first-order chi connectivity index (χ1) is 14.2. The van der Waals surface area contributed by atoms with Crippen LogP contribution in [0.1, 0.15) is 16.1 Å². The van der Waals surface area contributed by atoms with E-state index in [2.05, 4.69) is 20.5 Å². The average molecular weight is 386 g/mol. The minimum atomic E-state index is -0.314. The zero-order chi connectivity index (χ0) is 20.1. The van der Waals surface area contributed by atoms with Gasteiger partial charge in [0.15, 0.2) is 0 Å². The van der Waals surface area contributed by atoms with E-state index < -0.39 is 0 Å². The van der Waals surface area contributed by atoms with Crippen molar-refractivity contribution in [3.8, 4) is 22.5 Å². The Bertz CT molecular complexity index is 1120. The van der Waals surface area contributed by atoms with Crippen LogP contribution in [0.5, 0.6) is 0 Å². The standard InChI is InChI=1S/C23H19FN4O/c24-17-7-5-6-16(14-17)21-15-22(28-27-21)19-9-1-2-10-20(19)23(29)26-13-11-18-8-3-4-12-25-18/h1-10,12,14-15H,11,13H2,(H,26,29)(H,27,28). The van der Waals surface area contributed by atoms with Gasteiger partial charge in [0.05, 0.1) is 11.4 Å². The fourth-order valence-corrected chi connectivity index (χ4v) is 3.11. The number of hydrogen-bond acceptors (Lipinski definition) is 3. The Balaban J connectivity index is 1.52. The van der Waals surface area contributed by atoms with Gasteiger partial charge in [-0.05, 0) is 36.4 Å². The lowest BCUT2D eigenvalue weighted by molar-refractivity contribution is 0.0954. The maximum atomic E-state index is 13.5. The molecule has 29 heavy (non-hydrogen) atoms. The summed E-state index contributed by atoms with van der Waals surface area (Å²) in [4.78, 5) is 17.0. The number of halogens is 1. The molecule has 2 heterocycles. The number of amides is 1. The zero-order valence-electron chi connectivity index (χ0n) is 15.6. The topological polar surface area (TPSA) is 70.7 Å². The molecule has 4 aromatic rings. The molecule has 0 radical (unpaired) electrons. The maximum absolute atomic E-state index is 13.5. The summed E-state index contributed by atoms with van der Waals surface area (Å²) < 4.78 is 13.5. The third kappa shape index (κ3) is 4.38. The molecule has 5 nitrogen and oxygen atoms in total. The number of hydrogen-bond donors (Lipinski definition) is 2. The van der Waals surface area contributed by atoms with Crippen molar-refractivity contribution in [1.82, 2.24) is 20.5 Å². The van der Waals surface area contributed by atoms with Crippen molar-refractivity contribution >= 4 is 5.91 Å². The molecule has 0 aliphatic carbocycles. The Morgan fingerprint density at radius 1 is 1.00 bits per heavy atom. The lowest BCUT2D eigenvalue weighted by Gasteiger charge is -2.08. The molecule has 2 aromatic heterocycles. The number of nitrogens with zero attached hydrogens (tertiary/aromatic N) is 2. The summed E-state index contributed by atoms with van der Waals surface area (Å²) in [5, 5.41) is 10.2. The first-order valence-electron chi connectivity index (χ1n) is 9.29. The van der Waals surface area contributed by atoms with Gasteiger partial charge in [-0.15, -0.1) is 0 Å². The highest BCUT2D eigenvalue weighted by Gasteiger charge is 2.15. The molecule has 0 aliphatic rings. The number of H-pyrrole nitrogens is 1. The highest BCUT2D eigenvalue weighted by atomic mass is 19.1. The lowest BCUT2D eigenvalue weighted by atomic mass is 10.0. The number of aromatic nitrogens is 3. The minimum absolute atomic E-state index is 0.174. The van der Waals surface area contributed by atoms with Crippen molar-refractivity contribution in [2.75, 3.05) is 6.54 Å². The molecule has 0 saturated carbocycles. The molecular formula is C23H19FN4O. The number of nitrogens with one attached hydrogen (secondary N) is 2. The molecule has 144 valence electrons. The second-order valence-electron chi connectivity index (χ2n) is 6.55. The third-order valence-electron chi connectivity index (χ3n) is 4.55. The minimum Gasteiger partial charge on any atom is -0.352 e. The van der Waals surface area contributed by atoms with Crippen LogP contribution >= 0.6 is 0 Å². The van der Waals surface area contributed by atoms with E-state index in [1.54, 1.807) is 24.4 Å². The number of benzene rings is 2. The van der Waals surface area contributed by atoms with Crippen LogP contribution in [-0.4, -0.2) is 27.6 Å². The SMILES string of the molecule is O=C(NCCc1ccccn1)c1ccccc1-c1cc(-c2cccc(F)c2)[nH]n1. The summed E-state index contributed by atoms with van der Waals surface area (Å²) in [6.45, 7) is 0.485. The van der Waals surface area contributed by atoms with Crippen molar-refractivity contribution in [3.05, 3.63) is 96.1 Å². The number of rotatable bonds is 6. The quantitative estimate of drug-likeness (QED) is 0.520. The summed E-state index contributed by atoms with van der Waals surface area (Å²) in [5.41, 5.74) is 4.17. The van der Waals surface area contributed by atoms with E-state index in [0.717, 1.165) is 5.69 Å². The second kappa shape index (κ2) is 8.48. The van der Waals surface area contributed by atoms with Gasteiger partial charge in [-0.1, -0.05) is 36.4 Å². The van der Waals surface area contributed by atoms with Gasteiger partial charge in [0.2, 0.25) is 0 Å². The normalized spacial score (nSPS) is 10.7. The van der Waals surface area contributed by atoms with Gasteiger partial charge in [0.1, 0.15) is 5.82 Å². The molecule has 0 saturated heterocycles. The summed E-state index contributed by atoms with van der Waals surface area (Å²) in [6, 6.07) is 21.1. The molecule has 6 heteroatoms. The second-order valence-corrected chi connectivity index (χ2v) is 6.55. The first kappa shape index (κ1) is 18.6. The van der Waals surface area contributed by atoms with Gasteiger partial charge in [0, 0.05) is 41.5 Å². The summed E-state index contributed by atoms with van der Waals surface area (Å²) in [7, 11) is 0. The zero-order valence-corrected chi connectivity index (χ0v) is 15.6. The van der Waals surface area contributed by atoms with E-state index in [-0.39, 0.29) is 11.7 Å². The van der Waals surface area contributed by atoms with E-state index in [1.165, 1.54) is 12.1 Å². The van der Waals surface area contributed by atoms with Gasteiger partial charge < -0.3 is 5.32 Å². The van der Waals surface area contributed by atoms with Crippen molar-refractivity contribution in [3.63, 3.8) is 0 Å². The highest BCUT2D eigenvalue weighted by molar-refractivity contribution is 6.00. The molecule has 2 N–H and O–H groups in total. The molecule has 0 bridgehead atoms. The van der Waals surface area contributed by atoms with Crippen LogP contribution in [0.25, 0.3) is 22.5 Å².